The number of nitrogens with one attached hydrogen (secondary N) is 2. The number of hydrogen-bond donors (Lipinski definition) is 2. The minimum atomic E-state index is 0. The molecule has 16 heavy (non-hydrogen) atoms. The first kappa shape index (κ1) is 11.8. The fourth-order valence-electron chi connectivity index (χ4n) is 2.00. The summed E-state index contributed by atoms with van der Waals surface area (Å²) in [5.74, 6) is 0. The summed E-state index contributed by atoms with van der Waals surface area (Å²) in [7, 11) is 0. The second kappa shape index (κ2) is 5.10. The second-order valence-electron chi connectivity index (χ2n) is 3.77. The number of fused-ring (bicyclic) bond motifs is 1. The third kappa shape index (κ3) is 2.06. The van der Waals surface area contributed by atoms with E-state index in [1.165, 1.54) is 15.8 Å². The summed E-state index contributed by atoms with van der Waals surface area (Å²) in [5, 5.41) is 8.18. The average Bonchev–Trinajstić information content (AvgIpc) is 2.74. The van der Waals surface area contributed by atoms with Crippen LogP contribution in [-0.2, 0) is 0 Å². The van der Waals surface area contributed by atoms with Crippen LogP contribution in [0.4, 0.5) is 0 Å². The first-order valence-corrected chi connectivity index (χ1v) is 6.01. The third-order valence-corrected chi connectivity index (χ3v) is 3.62. The van der Waals surface area contributed by atoms with Gasteiger partial charge in [0.15, 0.2) is 0 Å². The van der Waals surface area contributed by atoms with Crippen molar-refractivity contribution in [3.8, 4) is 0 Å². The molecule has 2 aromatic rings. The second-order valence-corrected chi connectivity index (χ2v) is 4.58. The molecule has 2 N–H and O–H groups in total. The van der Waals surface area contributed by atoms with Gasteiger partial charge in [-0.25, -0.2) is 0 Å². The molecule has 0 radical (unpaired) electrons. The van der Waals surface area contributed by atoms with Gasteiger partial charge in [0.1, 0.15) is 0 Å². The topological polar surface area (TPSA) is 37.0 Å². The maximum atomic E-state index is 4.56. The number of hydrogen-bond acceptors (Lipinski definition) is 4. The van der Waals surface area contributed by atoms with Gasteiger partial charge in [-0.3, -0.25) is 0 Å². The van der Waals surface area contributed by atoms with E-state index < -0.39 is 0 Å². The fourth-order valence-corrected chi connectivity index (χ4v) is 2.84. The van der Waals surface area contributed by atoms with E-state index in [0.29, 0.717) is 6.04 Å². The van der Waals surface area contributed by atoms with E-state index in [9.17, 15) is 0 Å². The van der Waals surface area contributed by atoms with E-state index in [0.717, 1.165) is 19.6 Å². The number of rotatable bonds is 1. The highest BCUT2D eigenvalue weighted by atomic mass is 35.5. The highest BCUT2D eigenvalue weighted by Crippen LogP contribution is 2.26. The number of nitrogens with zero attached hydrogens (tertiary/aromatic N) is 1. The highest BCUT2D eigenvalue weighted by molar-refractivity contribution is 7.13. The van der Waals surface area contributed by atoms with Crippen LogP contribution in [0, 0.1) is 0 Å². The fraction of sp³-hybridized carbons (Fsp3) is 0.364. The van der Waals surface area contributed by atoms with E-state index in [4.69, 9.17) is 0 Å². The molecule has 3 rings (SSSR count). The van der Waals surface area contributed by atoms with Gasteiger partial charge in [0.2, 0.25) is 0 Å². The summed E-state index contributed by atoms with van der Waals surface area (Å²) in [4.78, 5) is 0. The first-order valence-electron chi connectivity index (χ1n) is 5.23. The Morgan fingerprint density at radius 2 is 2.12 bits per heavy atom. The minimum absolute atomic E-state index is 0. The lowest BCUT2D eigenvalue weighted by atomic mass is 10.1. The van der Waals surface area contributed by atoms with Crippen LogP contribution in [-0.4, -0.2) is 24.0 Å². The third-order valence-electron chi connectivity index (χ3n) is 2.78. The Morgan fingerprint density at radius 1 is 1.25 bits per heavy atom. The van der Waals surface area contributed by atoms with Gasteiger partial charge in [-0.15, -0.1) is 12.4 Å². The van der Waals surface area contributed by atoms with Crippen molar-refractivity contribution >= 4 is 34.0 Å². The maximum absolute atomic E-state index is 4.56. The summed E-state index contributed by atoms with van der Waals surface area (Å²) in [6, 6.07) is 8.81. The monoisotopic (exact) mass is 255 g/mol. The van der Waals surface area contributed by atoms with E-state index >= 15 is 0 Å². The van der Waals surface area contributed by atoms with Gasteiger partial charge in [-0.05, 0) is 17.6 Å². The number of aromatic nitrogens is 1. The first-order chi connectivity index (χ1) is 7.45. The molecule has 1 saturated heterocycles. The van der Waals surface area contributed by atoms with Crippen molar-refractivity contribution in [2.24, 2.45) is 0 Å². The molecule has 1 fully saturated rings. The zero-order chi connectivity index (χ0) is 10.1. The lowest BCUT2D eigenvalue weighted by molar-refractivity contribution is 0.427. The van der Waals surface area contributed by atoms with Gasteiger partial charge in [-0.1, -0.05) is 18.2 Å². The molecule has 0 spiro atoms. The Bertz CT molecular complexity index is 465. The number of piperazine rings is 1. The predicted octanol–water partition coefficient (Wildman–Crippen LogP) is 1.95. The molecule has 1 aliphatic heterocycles. The van der Waals surface area contributed by atoms with Crippen LogP contribution in [0.15, 0.2) is 24.3 Å². The Labute approximate surface area is 105 Å². The van der Waals surface area contributed by atoms with Crippen molar-refractivity contribution in [1.29, 1.82) is 0 Å². The van der Waals surface area contributed by atoms with Crippen molar-refractivity contribution < 1.29 is 0 Å². The van der Waals surface area contributed by atoms with Gasteiger partial charge in [0.05, 0.1) is 16.4 Å². The lowest BCUT2D eigenvalue weighted by Crippen LogP contribution is -2.42. The quantitative estimate of drug-likeness (QED) is 0.818. The number of halogens is 1. The maximum Gasteiger partial charge on any atom is 0.0803 e. The van der Waals surface area contributed by atoms with Crippen molar-refractivity contribution in [3.63, 3.8) is 0 Å². The van der Waals surface area contributed by atoms with Crippen LogP contribution in [0.3, 0.4) is 0 Å². The largest absolute Gasteiger partial charge is 0.314 e. The molecule has 3 nitrogen and oxygen atoms in total. The molecule has 1 unspecified atom stereocenters. The molecule has 2 heterocycles. The summed E-state index contributed by atoms with van der Waals surface area (Å²) in [6.07, 6.45) is 0. The zero-order valence-corrected chi connectivity index (χ0v) is 10.4. The van der Waals surface area contributed by atoms with E-state index in [2.05, 4.69) is 39.3 Å². The molecule has 5 heteroatoms. The van der Waals surface area contributed by atoms with Crippen molar-refractivity contribution in [3.05, 3.63) is 30.0 Å². The smallest absolute Gasteiger partial charge is 0.0803 e. The van der Waals surface area contributed by atoms with E-state index in [-0.39, 0.29) is 12.4 Å². The standard InChI is InChI=1S/C11H13N3S.ClH/c1-2-4-10-8(3-1)11(14-15-10)9-7-12-5-6-13-9;/h1-4,9,12-13H,5-7H2;1H. The molecule has 86 valence electrons. The molecule has 0 saturated carbocycles. The molecule has 1 aliphatic rings. The molecule has 1 aromatic heterocycles. The van der Waals surface area contributed by atoms with E-state index in [1.807, 2.05) is 0 Å². The number of benzene rings is 1. The molecular formula is C11H14ClN3S. The van der Waals surface area contributed by atoms with Gasteiger partial charge in [0.25, 0.3) is 0 Å². The van der Waals surface area contributed by atoms with Gasteiger partial charge in [-0.2, -0.15) is 4.37 Å². The molecular weight excluding hydrogens is 242 g/mol. The predicted molar refractivity (Wildman–Crippen MR) is 70.5 cm³/mol. The van der Waals surface area contributed by atoms with Crippen molar-refractivity contribution in [1.82, 2.24) is 15.0 Å². The Hall–Kier alpha value is -0.680. The van der Waals surface area contributed by atoms with Crippen LogP contribution < -0.4 is 10.6 Å². The van der Waals surface area contributed by atoms with Gasteiger partial charge >= 0.3 is 0 Å². The van der Waals surface area contributed by atoms with Crippen molar-refractivity contribution in [2.75, 3.05) is 19.6 Å². The van der Waals surface area contributed by atoms with Gasteiger partial charge in [0, 0.05) is 25.0 Å². The van der Waals surface area contributed by atoms with Gasteiger partial charge < -0.3 is 10.6 Å². The van der Waals surface area contributed by atoms with Crippen LogP contribution in [0.1, 0.15) is 11.7 Å². The Morgan fingerprint density at radius 3 is 2.94 bits per heavy atom. The van der Waals surface area contributed by atoms with E-state index in [1.54, 1.807) is 11.5 Å². The SMILES string of the molecule is Cl.c1ccc2c(C3CNCCN3)nsc2c1. The van der Waals surface area contributed by atoms with Crippen LogP contribution >= 0.6 is 23.9 Å². The summed E-state index contributed by atoms with van der Waals surface area (Å²) >= 11 is 1.59. The molecule has 1 atom stereocenters. The van der Waals surface area contributed by atoms with Crippen LogP contribution in [0.25, 0.3) is 10.1 Å². The Kier molecular flexibility index (Phi) is 3.76. The molecule has 0 bridgehead atoms. The normalized spacial score (nSPS) is 20.6. The highest BCUT2D eigenvalue weighted by Gasteiger charge is 2.18. The zero-order valence-electron chi connectivity index (χ0n) is 8.77. The Balaban J connectivity index is 0.000000963. The van der Waals surface area contributed by atoms with Crippen molar-refractivity contribution in [2.45, 2.75) is 6.04 Å². The molecule has 0 amide bonds. The summed E-state index contributed by atoms with van der Waals surface area (Å²) in [5.41, 5.74) is 1.20. The average molecular weight is 256 g/mol. The minimum Gasteiger partial charge on any atom is -0.314 e. The summed E-state index contributed by atoms with van der Waals surface area (Å²) in [6.45, 7) is 3.06. The molecule has 1 aromatic carbocycles. The summed E-state index contributed by atoms with van der Waals surface area (Å²) < 4.78 is 5.84. The lowest BCUT2D eigenvalue weighted by Gasteiger charge is -2.23. The molecule has 0 aliphatic carbocycles. The van der Waals surface area contributed by atoms with Crippen LogP contribution in [0.2, 0.25) is 0 Å². The van der Waals surface area contributed by atoms with Crippen LogP contribution in [0.5, 0.6) is 0 Å².